The van der Waals surface area contributed by atoms with E-state index in [2.05, 4.69) is 0 Å². The van der Waals surface area contributed by atoms with E-state index in [1.54, 1.807) is 6.92 Å². The first-order valence-corrected chi connectivity index (χ1v) is 7.67. The second-order valence-electron chi connectivity index (χ2n) is 5.45. The van der Waals surface area contributed by atoms with Crippen molar-refractivity contribution in [3.63, 3.8) is 0 Å². The average molecular weight is 373 g/mol. The largest absolute Gasteiger partial charge is 0.456 e. The maximum atomic E-state index is 12.9. The van der Waals surface area contributed by atoms with Gasteiger partial charge in [0.15, 0.2) is 0 Å². The molecule has 132 valence electrons. The highest BCUT2D eigenvalue weighted by molar-refractivity contribution is 6.32. The summed E-state index contributed by atoms with van der Waals surface area (Å²) < 4.78 is 49.1. The second kappa shape index (κ2) is 5.93. The van der Waals surface area contributed by atoms with Gasteiger partial charge in [-0.2, -0.15) is 13.2 Å². The van der Waals surface area contributed by atoms with E-state index in [1.165, 1.54) is 30.3 Å². The normalized spacial score (nSPS) is 19.5. The zero-order chi connectivity index (χ0) is 18.4. The molecule has 1 aliphatic rings. The van der Waals surface area contributed by atoms with Gasteiger partial charge in [-0.25, -0.2) is 4.79 Å². The van der Waals surface area contributed by atoms with Crippen LogP contribution in [0, 0.1) is 0 Å². The van der Waals surface area contributed by atoms with Gasteiger partial charge in [0.05, 0.1) is 16.1 Å². The van der Waals surface area contributed by atoms with E-state index < -0.39 is 28.5 Å². The van der Waals surface area contributed by atoms with E-state index >= 15 is 0 Å². The summed E-state index contributed by atoms with van der Waals surface area (Å²) >= 11 is 5.79. The summed E-state index contributed by atoms with van der Waals surface area (Å²) in [6.07, 6.45) is -4.50. The van der Waals surface area contributed by atoms with Gasteiger partial charge in [0.2, 0.25) is 5.79 Å². The van der Waals surface area contributed by atoms with Crippen LogP contribution in [0.3, 0.4) is 0 Å². The molecule has 1 atom stereocenters. The van der Waals surface area contributed by atoms with Crippen molar-refractivity contribution in [2.24, 2.45) is 0 Å². The van der Waals surface area contributed by atoms with E-state index in [1.807, 2.05) is 0 Å². The van der Waals surface area contributed by atoms with Gasteiger partial charge in [-0.05, 0) is 30.3 Å². The van der Waals surface area contributed by atoms with Crippen LogP contribution in [0.25, 0.3) is 0 Å². The molecule has 1 unspecified atom stereocenters. The molecule has 2 aromatic rings. The van der Waals surface area contributed by atoms with Gasteiger partial charge in [0, 0.05) is 12.0 Å². The summed E-state index contributed by atoms with van der Waals surface area (Å²) in [7, 11) is 0. The number of aliphatic hydroxyl groups is 1. The zero-order valence-electron chi connectivity index (χ0n) is 12.9. The Morgan fingerprint density at radius 2 is 2.00 bits per heavy atom. The fourth-order valence-corrected chi connectivity index (χ4v) is 2.82. The van der Waals surface area contributed by atoms with Crippen molar-refractivity contribution in [1.82, 2.24) is 0 Å². The van der Waals surface area contributed by atoms with E-state index in [9.17, 15) is 23.1 Å². The first-order chi connectivity index (χ1) is 11.7. The third-order valence-electron chi connectivity index (χ3n) is 3.87. The Morgan fingerprint density at radius 3 is 2.64 bits per heavy atom. The van der Waals surface area contributed by atoms with Crippen LogP contribution in [0.1, 0.15) is 34.8 Å². The van der Waals surface area contributed by atoms with Crippen molar-refractivity contribution < 1.29 is 32.5 Å². The number of hydrogen-bond acceptors (Lipinski definition) is 4. The summed E-state index contributed by atoms with van der Waals surface area (Å²) in [5.41, 5.74) is -0.649. The molecule has 1 N–H and O–H groups in total. The van der Waals surface area contributed by atoms with Gasteiger partial charge in [-0.1, -0.05) is 24.6 Å². The molecule has 0 aliphatic carbocycles. The van der Waals surface area contributed by atoms with Crippen LogP contribution in [0.15, 0.2) is 36.4 Å². The van der Waals surface area contributed by atoms with Crippen molar-refractivity contribution >= 4 is 17.6 Å². The summed E-state index contributed by atoms with van der Waals surface area (Å²) in [4.78, 5) is 11.7. The lowest BCUT2D eigenvalue weighted by Gasteiger charge is -2.20. The molecule has 0 amide bonds. The number of fused-ring (bicyclic) bond motifs is 1. The summed E-state index contributed by atoms with van der Waals surface area (Å²) in [5, 5.41) is 9.77. The minimum Gasteiger partial charge on any atom is -0.456 e. The van der Waals surface area contributed by atoms with Crippen LogP contribution in [-0.2, 0) is 16.7 Å². The first-order valence-electron chi connectivity index (χ1n) is 7.29. The molecule has 0 aromatic heterocycles. The maximum absolute atomic E-state index is 12.9. The highest BCUT2D eigenvalue weighted by Gasteiger charge is 2.43. The Kier molecular flexibility index (Phi) is 4.17. The number of esters is 1. The van der Waals surface area contributed by atoms with E-state index in [0.29, 0.717) is 0 Å². The predicted molar refractivity (Wildman–Crippen MR) is 82.6 cm³/mol. The Morgan fingerprint density at radius 1 is 1.28 bits per heavy atom. The molecule has 1 heterocycles. The van der Waals surface area contributed by atoms with Gasteiger partial charge in [-0.3, -0.25) is 0 Å². The Bertz CT molecular complexity index is 850. The van der Waals surface area contributed by atoms with Crippen LogP contribution in [0.4, 0.5) is 13.2 Å². The molecular formula is C17H12ClF3O4. The van der Waals surface area contributed by atoms with Crippen LogP contribution >= 0.6 is 11.6 Å². The fraction of sp³-hybridized carbons (Fsp3) is 0.235. The molecule has 0 radical (unpaired) electrons. The van der Waals surface area contributed by atoms with Gasteiger partial charge < -0.3 is 14.6 Å². The molecule has 0 saturated heterocycles. The Hall–Kier alpha value is -2.25. The SMILES string of the molecule is CCC1(O)OC(=O)c2ccc(Oc3cccc(C(F)(F)F)c3Cl)cc21. The third-order valence-corrected chi connectivity index (χ3v) is 4.26. The van der Waals surface area contributed by atoms with E-state index in [4.69, 9.17) is 21.1 Å². The number of ether oxygens (including phenoxy) is 2. The third kappa shape index (κ3) is 3.05. The van der Waals surface area contributed by atoms with E-state index in [-0.39, 0.29) is 29.0 Å². The number of alkyl halides is 3. The van der Waals surface area contributed by atoms with Crippen molar-refractivity contribution in [3.8, 4) is 11.5 Å². The van der Waals surface area contributed by atoms with Crippen LogP contribution in [-0.4, -0.2) is 11.1 Å². The van der Waals surface area contributed by atoms with Gasteiger partial charge in [-0.15, -0.1) is 0 Å². The molecule has 4 nitrogen and oxygen atoms in total. The molecule has 2 aromatic carbocycles. The molecule has 8 heteroatoms. The maximum Gasteiger partial charge on any atom is 0.417 e. The van der Waals surface area contributed by atoms with Crippen LogP contribution in [0.5, 0.6) is 11.5 Å². The van der Waals surface area contributed by atoms with Crippen LogP contribution < -0.4 is 4.74 Å². The van der Waals surface area contributed by atoms with Gasteiger partial charge in [0.25, 0.3) is 0 Å². The summed E-state index contributed by atoms with van der Waals surface area (Å²) in [6.45, 7) is 1.62. The van der Waals surface area contributed by atoms with Crippen LogP contribution in [0.2, 0.25) is 5.02 Å². The number of cyclic esters (lactones) is 1. The number of carbonyl (C=O) groups excluding carboxylic acids is 1. The molecule has 0 spiro atoms. The fourth-order valence-electron chi connectivity index (χ4n) is 2.55. The lowest BCUT2D eigenvalue weighted by molar-refractivity contribution is -0.164. The highest BCUT2D eigenvalue weighted by Crippen LogP contribution is 2.42. The first kappa shape index (κ1) is 17.6. The lowest BCUT2D eigenvalue weighted by atomic mass is 10.00. The standard InChI is InChI=1S/C17H12ClF3O4/c1-2-16(23)12-8-9(6-7-10(12)15(22)25-16)24-13-5-3-4-11(14(13)18)17(19,20)21/h3-8,23H,2H2,1H3. The van der Waals surface area contributed by atoms with Crippen molar-refractivity contribution in [3.05, 3.63) is 58.1 Å². The molecule has 0 fully saturated rings. The molecular weight excluding hydrogens is 361 g/mol. The van der Waals surface area contributed by atoms with Gasteiger partial charge in [0.1, 0.15) is 11.5 Å². The Labute approximate surface area is 145 Å². The number of hydrogen-bond donors (Lipinski definition) is 1. The van der Waals surface area contributed by atoms with Crippen molar-refractivity contribution in [1.29, 1.82) is 0 Å². The lowest BCUT2D eigenvalue weighted by Crippen LogP contribution is -2.24. The van der Waals surface area contributed by atoms with Crippen molar-refractivity contribution in [2.45, 2.75) is 25.3 Å². The molecule has 0 saturated carbocycles. The summed E-state index contributed by atoms with van der Waals surface area (Å²) in [5.74, 6) is -2.54. The Balaban J connectivity index is 1.99. The van der Waals surface area contributed by atoms with Gasteiger partial charge >= 0.3 is 12.1 Å². The van der Waals surface area contributed by atoms with E-state index in [0.717, 1.165) is 6.07 Å². The smallest absolute Gasteiger partial charge is 0.417 e. The molecule has 1 aliphatic heterocycles. The van der Waals surface area contributed by atoms with Crippen molar-refractivity contribution in [2.75, 3.05) is 0 Å². The average Bonchev–Trinajstić information content (AvgIpc) is 2.80. The number of benzene rings is 2. The number of halogens is 4. The molecule has 25 heavy (non-hydrogen) atoms. The molecule has 0 bridgehead atoms. The quantitative estimate of drug-likeness (QED) is 0.780. The number of carbonyl (C=O) groups is 1. The minimum absolute atomic E-state index is 0.111. The minimum atomic E-state index is -4.61. The zero-order valence-corrected chi connectivity index (χ0v) is 13.6. The second-order valence-corrected chi connectivity index (χ2v) is 5.83. The summed E-state index contributed by atoms with van der Waals surface area (Å²) in [6, 6.07) is 7.42. The topological polar surface area (TPSA) is 55.8 Å². The molecule has 3 rings (SSSR count). The predicted octanol–water partition coefficient (Wildman–Crippen LogP) is 4.88. The highest BCUT2D eigenvalue weighted by atomic mass is 35.5. The monoisotopic (exact) mass is 372 g/mol. The number of rotatable bonds is 3.